The first kappa shape index (κ1) is 16.4. The van der Waals surface area contributed by atoms with Gasteiger partial charge in [0.15, 0.2) is 0 Å². The molecule has 0 atom stereocenters. The zero-order valence-corrected chi connectivity index (χ0v) is 12.4. The molecule has 0 spiro atoms. The average molecular weight is 273 g/mol. The first-order valence-corrected chi connectivity index (χ1v) is 6.81. The highest BCUT2D eigenvalue weighted by molar-refractivity contribution is 5.77. The Bertz CT molecular complexity index is 276. The molecule has 1 amide bonds. The van der Waals surface area contributed by atoms with Crippen molar-refractivity contribution in [2.24, 2.45) is 5.73 Å². The van der Waals surface area contributed by atoms with Crippen LogP contribution >= 0.6 is 0 Å². The summed E-state index contributed by atoms with van der Waals surface area (Å²) in [4.78, 5) is 16.1. The molecule has 1 saturated heterocycles. The van der Waals surface area contributed by atoms with Crippen LogP contribution in [0.25, 0.3) is 0 Å². The van der Waals surface area contributed by atoms with Crippen molar-refractivity contribution in [1.82, 2.24) is 9.80 Å². The monoisotopic (exact) mass is 273 g/mol. The third-order valence-corrected chi connectivity index (χ3v) is 3.65. The van der Waals surface area contributed by atoms with Gasteiger partial charge in [-0.2, -0.15) is 0 Å². The number of hydrogen-bond donors (Lipinski definition) is 1. The van der Waals surface area contributed by atoms with Crippen LogP contribution in [0.1, 0.15) is 13.8 Å². The van der Waals surface area contributed by atoms with E-state index in [0.29, 0.717) is 19.8 Å². The lowest BCUT2D eigenvalue weighted by Crippen LogP contribution is -2.58. The van der Waals surface area contributed by atoms with Gasteiger partial charge in [-0.1, -0.05) is 0 Å². The minimum atomic E-state index is 0.00407. The Kier molecular flexibility index (Phi) is 6.71. The number of piperazine rings is 1. The van der Waals surface area contributed by atoms with Gasteiger partial charge in [0.1, 0.15) is 6.61 Å². The molecule has 0 aromatic carbocycles. The first-order chi connectivity index (χ1) is 9.01. The van der Waals surface area contributed by atoms with E-state index >= 15 is 0 Å². The van der Waals surface area contributed by atoms with Crippen molar-refractivity contribution < 1.29 is 14.3 Å². The molecule has 1 aliphatic rings. The summed E-state index contributed by atoms with van der Waals surface area (Å²) in [5.41, 5.74) is 5.78. The van der Waals surface area contributed by atoms with Gasteiger partial charge in [0, 0.05) is 45.4 Å². The fourth-order valence-electron chi connectivity index (χ4n) is 2.08. The summed E-state index contributed by atoms with van der Waals surface area (Å²) in [6.45, 7) is 9.25. The van der Waals surface area contributed by atoms with Gasteiger partial charge in [-0.15, -0.1) is 0 Å². The highest BCUT2D eigenvalue weighted by atomic mass is 16.5. The van der Waals surface area contributed by atoms with E-state index in [2.05, 4.69) is 18.7 Å². The highest BCUT2D eigenvalue weighted by Crippen LogP contribution is 2.15. The Morgan fingerprint density at radius 3 is 2.37 bits per heavy atom. The van der Waals surface area contributed by atoms with Gasteiger partial charge in [-0.05, 0) is 13.8 Å². The van der Waals surface area contributed by atoms with Gasteiger partial charge in [-0.25, -0.2) is 0 Å². The van der Waals surface area contributed by atoms with E-state index in [4.69, 9.17) is 15.2 Å². The number of hydrogen-bond acceptors (Lipinski definition) is 5. The van der Waals surface area contributed by atoms with Gasteiger partial charge >= 0.3 is 0 Å². The summed E-state index contributed by atoms with van der Waals surface area (Å²) in [7, 11) is 1.61. The second-order valence-electron chi connectivity index (χ2n) is 5.43. The molecule has 6 heteroatoms. The Morgan fingerprint density at radius 1 is 1.21 bits per heavy atom. The van der Waals surface area contributed by atoms with Crippen LogP contribution in [0.5, 0.6) is 0 Å². The second kappa shape index (κ2) is 7.79. The molecule has 1 heterocycles. The maximum atomic E-state index is 11.9. The van der Waals surface area contributed by atoms with Crippen molar-refractivity contribution in [2.75, 3.05) is 59.7 Å². The van der Waals surface area contributed by atoms with Crippen LogP contribution in [0.4, 0.5) is 0 Å². The predicted octanol–water partition coefficient (Wildman–Crippen LogP) is -0.469. The summed E-state index contributed by atoms with van der Waals surface area (Å²) in [6.07, 6.45) is 0. The molecule has 0 saturated carbocycles. The third-order valence-electron chi connectivity index (χ3n) is 3.65. The number of ether oxygens (including phenoxy) is 2. The van der Waals surface area contributed by atoms with E-state index in [1.165, 1.54) is 0 Å². The van der Waals surface area contributed by atoms with Crippen LogP contribution in [0, 0.1) is 0 Å². The van der Waals surface area contributed by atoms with Crippen LogP contribution in [0.15, 0.2) is 0 Å². The van der Waals surface area contributed by atoms with Crippen molar-refractivity contribution in [3.8, 4) is 0 Å². The Hall–Kier alpha value is -0.690. The molecule has 1 rings (SSSR count). The molecular formula is C13H27N3O3. The SMILES string of the molecule is COCCOCC(=O)N1CCN(C(C)(C)CN)CC1. The minimum absolute atomic E-state index is 0.00407. The van der Waals surface area contributed by atoms with E-state index in [9.17, 15) is 4.79 Å². The molecule has 1 fully saturated rings. The highest BCUT2D eigenvalue weighted by Gasteiger charge is 2.29. The average Bonchev–Trinajstić information content (AvgIpc) is 2.43. The number of nitrogens with zero attached hydrogens (tertiary/aromatic N) is 2. The lowest BCUT2D eigenvalue weighted by molar-refractivity contribution is -0.139. The number of nitrogens with two attached hydrogens (primary N) is 1. The molecule has 0 bridgehead atoms. The quantitative estimate of drug-likeness (QED) is 0.635. The maximum Gasteiger partial charge on any atom is 0.248 e. The summed E-state index contributed by atoms with van der Waals surface area (Å²) in [5, 5.41) is 0. The summed E-state index contributed by atoms with van der Waals surface area (Å²) in [5.74, 6) is 0.0568. The van der Waals surface area contributed by atoms with Gasteiger partial charge in [0.05, 0.1) is 13.2 Å². The second-order valence-corrected chi connectivity index (χ2v) is 5.43. The molecular weight excluding hydrogens is 246 g/mol. The normalized spacial score (nSPS) is 17.8. The molecule has 0 radical (unpaired) electrons. The van der Waals surface area contributed by atoms with Crippen molar-refractivity contribution in [3.05, 3.63) is 0 Å². The van der Waals surface area contributed by atoms with Crippen LogP contribution in [0.2, 0.25) is 0 Å². The fourth-order valence-corrected chi connectivity index (χ4v) is 2.08. The predicted molar refractivity (Wildman–Crippen MR) is 74.0 cm³/mol. The van der Waals surface area contributed by atoms with E-state index in [1.54, 1.807) is 7.11 Å². The zero-order valence-electron chi connectivity index (χ0n) is 12.4. The largest absolute Gasteiger partial charge is 0.382 e. The molecule has 0 aliphatic carbocycles. The van der Waals surface area contributed by atoms with E-state index < -0.39 is 0 Å². The zero-order chi connectivity index (χ0) is 14.3. The number of methoxy groups -OCH3 is 1. The van der Waals surface area contributed by atoms with Crippen molar-refractivity contribution in [3.63, 3.8) is 0 Å². The van der Waals surface area contributed by atoms with Crippen molar-refractivity contribution in [2.45, 2.75) is 19.4 Å². The molecule has 19 heavy (non-hydrogen) atoms. The molecule has 112 valence electrons. The first-order valence-electron chi connectivity index (χ1n) is 6.81. The summed E-state index contributed by atoms with van der Waals surface area (Å²) >= 11 is 0. The lowest BCUT2D eigenvalue weighted by Gasteiger charge is -2.43. The number of carbonyl (C=O) groups is 1. The molecule has 0 unspecified atom stereocenters. The Morgan fingerprint density at radius 2 is 1.84 bits per heavy atom. The molecule has 0 aromatic heterocycles. The van der Waals surface area contributed by atoms with Gasteiger partial charge in [-0.3, -0.25) is 9.69 Å². The van der Waals surface area contributed by atoms with E-state index in [1.807, 2.05) is 4.90 Å². The van der Waals surface area contributed by atoms with Crippen molar-refractivity contribution >= 4 is 5.91 Å². The Labute approximate surface area is 115 Å². The van der Waals surface area contributed by atoms with Gasteiger partial charge < -0.3 is 20.1 Å². The molecule has 2 N–H and O–H groups in total. The minimum Gasteiger partial charge on any atom is -0.382 e. The topological polar surface area (TPSA) is 68.0 Å². The number of rotatable bonds is 7. The van der Waals surface area contributed by atoms with Crippen LogP contribution < -0.4 is 5.73 Å². The maximum absolute atomic E-state index is 11.9. The number of amides is 1. The van der Waals surface area contributed by atoms with E-state index in [-0.39, 0.29) is 18.1 Å². The smallest absolute Gasteiger partial charge is 0.248 e. The van der Waals surface area contributed by atoms with Crippen LogP contribution in [-0.4, -0.2) is 80.9 Å². The summed E-state index contributed by atoms with van der Waals surface area (Å²) in [6, 6.07) is 0. The Balaban J connectivity index is 2.27. The third kappa shape index (κ3) is 5.06. The van der Waals surface area contributed by atoms with Crippen LogP contribution in [0.3, 0.4) is 0 Å². The molecule has 1 aliphatic heterocycles. The standard InChI is InChI=1S/C13H27N3O3/c1-13(2,11-14)16-6-4-15(5-7-16)12(17)10-19-9-8-18-3/h4-11,14H2,1-3H3. The van der Waals surface area contributed by atoms with Gasteiger partial charge in [0.25, 0.3) is 0 Å². The van der Waals surface area contributed by atoms with E-state index in [0.717, 1.165) is 26.2 Å². The van der Waals surface area contributed by atoms with Crippen LogP contribution in [-0.2, 0) is 14.3 Å². The lowest BCUT2D eigenvalue weighted by atomic mass is 10.0. The summed E-state index contributed by atoms with van der Waals surface area (Å²) < 4.78 is 10.1. The van der Waals surface area contributed by atoms with Crippen molar-refractivity contribution in [1.29, 1.82) is 0 Å². The molecule has 6 nitrogen and oxygen atoms in total. The number of carbonyl (C=O) groups excluding carboxylic acids is 1. The molecule has 0 aromatic rings. The van der Waals surface area contributed by atoms with Gasteiger partial charge in [0.2, 0.25) is 5.91 Å². The fraction of sp³-hybridized carbons (Fsp3) is 0.923.